The van der Waals surface area contributed by atoms with E-state index in [9.17, 15) is 4.79 Å². The Morgan fingerprint density at radius 3 is 2.68 bits per heavy atom. The molecule has 0 aliphatic carbocycles. The van der Waals surface area contributed by atoms with Gasteiger partial charge in [-0.25, -0.2) is 4.98 Å². The Bertz CT molecular complexity index is 1400. The minimum absolute atomic E-state index is 0.0207. The van der Waals surface area contributed by atoms with Crippen LogP contribution in [-0.2, 0) is 30.1 Å². The number of hydrogen-bond acceptors (Lipinski definition) is 5. The molecule has 1 aliphatic heterocycles. The molecule has 0 N–H and O–H groups in total. The molecule has 0 spiro atoms. The fourth-order valence-electron chi connectivity index (χ4n) is 4.16. The van der Waals surface area contributed by atoms with E-state index in [1.165, 1.54) is 11.8 Å². The first-order valence-electron chi connectivity index (χ1n) is 11.2. The lowest BCUT2D eigenvalue weighted by Crippen LogP contribution is -2.28. The van der Waals surface area contributed by atoms with Gasteiger partial charge in [0, 0.05) is 17.1 Å². The quantitative estimate of drug-likeness (QED) is 0.195. The van der Waals surface area contributed by atoms with Crippen molar-refractivity contribution in [3.8, 4) is 0 Å². The summed E-state index contributed by atoms with van der Waals surface area (Å²) in [4.78, 5) is 20.8. The van der Waals surface area contributed by atoms with Crippen molar-refractivity contribution in [1.29, 1.82) is 0 Å². The van der Waals surface area contributed by atoms with E-state index in [0.29, 0.717) is 40.0 Å². The summed E-state index contributed by atoms with van der Waals surface area (Å²) in [6.07, 6.45) is 0.876. The third kappa shape index (κ3) is 4.79. The van der Waals surface area contributed by atoms with Crippen molar-refractivity contribution in [3.63, 3.8) is 0 Å². The number of thiophene rings is 1. The molecule has 0 radical (unpaired) electrons. The maximum atomic E-state index is 13.9. The van der Waals surface area contributed by atoms with Crippen molar-refractivity contribution in [1.82, 2.24) is 9.55 Å². The number of hydrogen-bond donors (Lipinski definition) is 0. The highest BCUT2D eigenvalue weighted by Crippen LogP contribution is 2.36. The molecule has 1 unspecified atom stereocenters. The van der Waals surface area contributed by atoms with Gasteiger partial charge in [-0.15, -0.1) is 11.3 Å². The summed E-state index contributed by atoms with van der Waals surface area (Å²) >= 11 is 15.4. The fourth-order valence-corrected chi connectivity index (χ4v) is 6.59. The Morgan fingerprint density at radius 1 is 1.15 bits per heavy atom. The van der Waals surface area contributed by atoms with Crippen LogP contribution in [0.3, 0.4) is 0 Å². The molecule has 176 valence electrons. The summed E-state index contributed by atoms with van der Waals surface area (Å²) in [5.41, 5.74) is 3.23. The molecule has 4 nitrogen and oxygen atoms in total. The Morgan fingerprint density at radius 2 is 1.94 bits per heavy atom. The van der Waals surface area contributed by atoms with Crippen molar-refractivity contribution < 1.29 is 4.74 Å². The summed E-state index contributed by atoms with van der Waals surface area (Å²) in [5.74, 6) is 1.02. The number of halogens is 2. The maximum absolute atomic E-state index is 13.9. The molecule has 4 aromatic rings. The van der Waals surface area contributed by atoms with Gasteiger partial charge in [-0.1, -0.05) is 85.2 Å². The van der Waals surface area contributed by atoms with Gasteiger partial charge in [-0.2, -0.15) is 0 Å². The smallest absolute Gasteiger partial charge is 0.263 e. The van der Waals surface area contributed by atoms with E-state index >= 15 is 0 Å². The Hall–Kier alpha value is -1.83. The van der Waals surface area contributed by atoms with E-state index in [0.717, 1.165) is 38.2 Å². The molecule has 2 aromatic carbocycles. The van der Waals surface area contributed by atoms with Gasteiger partial charge in [0.05, 0.1) is 34.7 Å². The first-order valence-corrected chi connectivity index (χ1v) is 13.7. The van der Waals surface area contributed by atoms with Crippen molar-refractivity contribution >= 4 is 56.5 Å². The zero-order valence-corrected chi connectivity index (χ0v) is 22.0. The molecule has 0 saturated carbocycles. The highest BCUT2D eigenvalue weighted by atomic mass is 35.5. The van der Waals surface area contributed by atoms with Crippen LogP contribution in [0.4, 0.5) is 0 Å². The Balaban J connectivity index is 1.58. The van der Waals surface area contributed by atoms with Crippen molar-refractivity contribution in [2.24, 2.45) is 5.92 Å². The molecule has 3 heterocycles. The fraction of sp³-hybridized carbons (Fsp3) is 0.308. The molecule has 5 rings (SSSR count). The van der Waals surface area contributed by atoms with Gasteiger partial charge in [0.1, 0.15) is 4.83 Å². The zero-order valence-electron chi connectivity index (χ0n) is 18.9. The molecule has 2 aromatic heterocycles. The van der Waals surface area contributed by atoms with Crippen LogP contribution in [-0.4, -0.2) is 15.7 Å². The minimum Gasteiger partial charge on any atom is -0.372 e. The number of rotatable bonds is 6. The number of benzene rings is 2. The monoisotopic (exact) mass is 530 g/mol. The van der Waals surface area contributed by atoms with Gasteiger partial charge < -0.3 is 4.74 Å². The standard InChI is InChI=1S/C26H24Cl2N2O2S2/c1-15(2)21-11-18-22(13-32-21)34-24-23(18)25(31)30(12-16-6-4-3-5-7-16)26(29-24)33-14-17-8-9-19(27)20(28)10-17/h3-10,15,21H,11-14H2,1-2H3. The third-order valence-electron chi connectivity index (χ3n) is 6.07. The molecule has 34 heavy (non-hydrogen) atoms. The summed E-state index contributed by atoms with van der Waals surface area (Å²) in [6, 6.07) is 15.7. The molecule has 0 saturated heterocycles. The van der Waals surface area contributed by atoms with E-state index in [1.54, 1.807) is 17.4 Å². The van der Waals surface area contributed by atoms with E-state index < -0.39 is 0 Å². The topological polar surface area (TPSA) is 44.1 Å². The molecule has 1 aliphatic rings. The first kappa shape index (κ1) is 23.9. The van der Waals surface area contributed by atoms with Crippen LogP contribution in [0, 0.1) is 5.92 Å². The highest BCUT2D eigenvalue weighted by Gasteiger charge is 2.28. The summed E-state index contributed by atoms with van der Waals surface area (Å²) in [7, 11) is 0. The maximum Gasteiger partial charge on any atom is 0.263 e. The summed E-state index contributed by atoms with van der Waals surface area (Å²) in [6.45, 7) is 5.34. The summed E-state index contributed by atoms with van der Waals surface area (Å²) < 4.78 is 7.88. The van der Waals surface area contributed by atoms with Crippen LogP contribution in [0.25, 0.3) is 10.2 Å². The van der Waals surface area contributed by atoms with Gasteiger partial charge in [0.25, 0.3) is 5.56 Å². The van der Waals surface area contributed by atoms with Gasteiger partial charge in [-0.05, 0) is 34.7 Å². The summed E-state index contributed by atoms with van der Waals surface area (Å²) in [5, 5.41) is 2.51. The number of ether oxygens (including phenoxy) is 1. The third-order valence-corrected chi connectivity index (χ3v) is 8.96. The molecular weight excluding hydrogens is 507 g/mol. The molecule has 0 bridgehead atoms. The van der Waals surface area contributed by atoms with Gasteiger partial charge in [-0.3, -0.25) is 9.36 Å². The molecular formula is C26H24Cl2N2O2S2. The number of fused-ring (bicyclic) bond motifs is 3. The van der Waals surface area contributed by atoms with Gasteiger partial charge in [0.15, 0.2) is 5.16 Å². The van der Waals surface area contributed by atoms with Crippen LogP contribution in [0.2, 0.25) is 10.0 Å². The lowest BCUT2D eigenvalue weighted by molar-refractivity contribution is 0.00200. The first-order chi connectivity index (χ1) is 16.4. The number of aromatic nitrogens is 2. The van der Waals surface area contributed by atoms with Crippen LogP contribution < -0.4 is 5.56 Å². The van der Waals surface area contributed by atoms with Crippen molar-refractivity contribution in [3.05, 3.63) is 90.5 Å². The zero-order chi connectivity index (χ0) is 23.8. The van der Waals surface area contributed by atoms with Gasteiger partial charge in [0.2, 0.25) is 0 Å². The normalized spacial score (nSPS) is 15.7. The average molecular weight is 532 g/mol. The van der Waals surface area contributed by atoms with Gasteiger partial charge >= 0.3 is 0 Å². The Labute approximate surface area is 216 Å². The second-order valence-electron chi connectivity index (χ2n) is 8.79. The Kier molecular flexibility index (Phi) is 7.05. The SMILES string of the molecule is CC(C)C1Cc2c(sc3nc(SCc4ccc(Cl)c(Cl)c4)n(Cc4ccccc4)c(=O)c23)CO1. The molecule has 0 fully saturated rings. The average Bonchev–Trinajstić information content (AvgIpc) is 3.20. The van der Waals surface area contributed by atoms with E-state index in [2.05, 4.69) is 13.8 Å². The lowest BCUT2D eigenvalue weighted by atomic mass is 9.96. The number of nitrogens with zero attached hydrogens (tertiary/aromatic N) is 2. The van der Waals surface area contributed by atoms with E-state index in [1.807, 2.05) is 47.0 Å². The molecule has 1 atom stereocenters. The molecule has 0 amide bonds. The predicted molar refractivity (Wildman–Crippen MR) is 143 cm³/mol. The molecule has 8 heteroatoms. The van der Waals surface area contributed by atoms with Crippen molar-refractivity contribution in [2.75, 3.05) is 0 Å². The van der Waals surface area contributed by atoms with Crippen LogP contribution in [0.15, 0.2) is 58.5 Å². The highest BCUT2D eigenvalue weighted by molar-refractivity contribution is 7.98. The largest absolute Gasteiger partial charge is 0.372 e. The van der Waals surface area contributed by atoms with Crippen molar-refractivity contribution in [2.45, 2.75) is 50.4 Å². The predicted octanol–water partition coefficient (Wildman–Crippen LogP) is 7.20. The van der Waals surface area contributed by atoms with E-state index in [4.69, 9.17) is 32.9 Å². The minimum atomic E-state index is 0.0207. The van der Waals surface area contributed by atoms with Crippen LogP contribution in [0.1, 0.15) is 35.4 Å². The van der Waals surface area contributed by atoms with Crippen LogP contribution >= 0.6 is 46.3 Å². The second kappa shape index (κ2) is 10.0. The van der Waals surface area contributed by atoms with E-state index in [-0.39, 0.29) is 11.7 Å². The number of thioether (sulfide) groups is 1. The second-order valence-corrected chi connectivity index (χ2v) is 11.6. The van der Waals surface area contributed by atoms with Crippen LogP contribution in [0.5, 0.6) is 0 Å². The lowest BCUT2D eigenvalue weighted by Gasteiger charge is -2.26.